The second-order valence-electron chi connectivity index (χ2n) is 4.54. The van der Waals surface area contributed by atoms with Crippen LogP contribution in [0.2, 0.25) is 0 Å². The molecule has 1 aliphatic rings. The number of nitrogens with zero attached hydrogens (tertiary/aromatic N) is 3. The van der Waals surface area contributed by atoms with Crippen LogP contribution in [-0.2, 0) is 4.74 Å². The molecule has 0 radical (unpaired) electrons. The molecule has 0 saturated carbocycles. The van der Waals surface area contributed by atoms with E-state index in [9.17, 15) is 0 Å². The SMILES string of the molecule is CCCC[N+]1(COCC)CCCC1.N#CNC#N. The second kappa shape index (κ2) is 10.8. The van der Waals surface area contributed by atoms with Crippen molar-refractivity contribution in [2.75, 3.05) is 33.0 Å². The van der Waals surface area contributed by atoms with E-state index in [1.54, 1.807) is 5.32 Å². The van der Waals surface area contributed by atoms with E-state index in [0.29, 0.717) is 0 Å². The van der Waals surface area contributed by atoms with Crippen molar-refractivity contribution in [1.29, 1.82) is 10.5 Å². The van der Waals surface area contributed by atoms with Gasteiger partial charge in [-0.15, -0.1) is 0 Å². The van der Waals surface area contributed by atoms with E-state index in [4.69, 9.17) is 15.3 Å². The van der Waals surface area contributed by atoms with Crippen LogP contribution in [0.4, 0.5) is 0 Å². The standard InChI is InChI=1S/C11H24NO.C2HN3/c1-3-5-8-12(11-13-4-2)9-6-7-10-12;3-1-5-2-4/h3-11H2,1-2H3;5H/q+1;. The van der Waals surface area contributed by atoms with Crippen LogP contribution in [0.25, 0.3) is 0 Å². The number of likely N-dealkylation sites (tertiary alicyclic amines) is 1. The van der Waals surface area contributed by atoms with E-state index in [2.05, 4.69) is 13.8 Å². The molecule has 0 aromatic heterocycles. The molecule has 0 amide bonds. The average Bonchev–Trinajstić information content (AvgIpc) is 2.85. The Labute approximate surface area is 111 Å². The summed E-state index contributed by atoms with van der Waals surface area (Å²) < 4.78 is 6.83. The van der Waals surface area contributed by atoms with Gasteiger partial charge in [-0.25, -0.2) is 5.32 Å². The first kappa shape index (κ1) is 16.7. The predicted molar refractivity (Wildman–Crippen MR) is 69.9 cm³/mol. The van der Waals surface area contributed by atoms with E-state index in [0.717, 1.165) is 13.3 Å². The fraction of sp³-hybridized carbons (Fsp3) is 0.846. The van der Waals surface area contributed by atoms with Crippen LogP contribution >= 0.6 is 0 Å². The van der Waals surface area contributed by atoms with Gasteiger partial charge in [0.05, 0.1) is 19.6 Å². The van der Waals surface area contributed by atoms with Gasteiger partial charge in [0, 0.05) is 19.4 Å². The average molecular weight is 253 g/mol. The smallest absolute Gasteiger partial charge is 0.190 e. The third kappa shape index (κ3) is 7.11. The second-order valence-corrected chi connectivity index (χ2v) is 4.54. The maximum absolute atomic E-state index is 7.48. The molecule has 5 heteroatoms. The highest BCUT2D eigenvalue weighted by atomic mass is 16.5. The summed E-state index contributed by atoms with van der Waals surface area (Å²) in [5.74, 6) is 0. The van der Waals surface area contributed by atoms with Crippen molar-refractivity contribution in [3.05, 3.63) is 0 Å². The molecule has 0 aromatic carbocycles. The van der Waals surface area contributed by atoms with Crippen molar-refractivity contribution in [1.82, 2.24) is 5.32 Å². The van der Waals surface area contributed by atoms with E-state index < -0.39 is 0 Å². The van der Waals surface area contributed by atoms with Crippen molar-refractivity contribution in [2.45, 2.75) is 39.5 Å². The minimum absolute atomic E-state index is 0.867. The summed E-state index contributed by atoms with van der Waals surface area (Å²) in [5, 5.41) is 16.7. The third-order valence-corrected chi connectivity index (χ3v) is 3.18. The molecule has 1 aliphatic heterocycles. The summed E-state index contributed by atoms with van der Waals surface area (Å²) in [7, 11) is 0. The van der Waals surface area contributed by atoms with Gasteiger partial charge in [0.2, 0.25) is 0 Å². The van der Waals surface area contributed by atoms with E-state index >= 15 is 0 Å². The maximum atomic E-state index is 7.48. The molecule has 1 N–H and O–H groups in total. The Hall–Kier alpha value is -1.30. The summed E-state index contributed by atoms with van der Waals surface area (Å²) >= 11 is 0. The lowest BCUT2D eigenvalue weighted by Gasteiger charge is -2.33. The van der Waals surface area contributed by atoms with Crippen molar-refractivity contribution >= 4 is 0 Å². The molecule has 1 saturated heterocycles. The van der Waals surface area contributed by atoms with Crippen LogP contribution in [-0.4, -0.2) is 37.5 Å². The number of hydrogen-bond acceptors (Lipinski definition) is 4. The number of unbranched alkanes of at least 4 members (excludes halogenated alkanes) is 1. The van der Waals surface area contributed by atoms with Gasteiger partial charge in [0.1, 0.15) is 0 Å². The number of hydrogen-bond donors (Lipinski definition) is 1. The first-order valence-electron chi connectivity index (χ1n) is 6.70. The molecular formula is C13H25N4O+. The summed E-state index contributed by atoms with van der Waals surface area (Å²) in [6.07, 6.45) is 8.28. The molecule has 5 nitrogen and oxygen atoms in total. The largest absolute Gasteiger partial charge is 0.332 e. The Morgan fingerprint density at radius 2 is 1.78 bits per heavy atom. The molecule has 1 rings (SSSR count). The molecule has 0 aromatic rings. The van der Waals surface area contributed by atoms with Crippen molar-refractivity contribution in [3.8, 4) is 12.4 Å². The van der Waals surface area contributed by atoms with Gasteiger partial charge >= 0.3 is 0 Å². The van der Waals surface area contributed by atoms with Gasteiger partial charge < -0.3 is 9.22 Å². The zero-order chi connectivity index (χ0) is 13.7. The lowest BCUT2D eigenvalue weighted by molar-refractivity contribution is -0.935. The van der Waals surface area contributed by atoms with Crippen LogP contribution in [0, 0.1) is 22.9 Å². The number of rotatable bonds is 6. The number of nitriles is 2. The highest BCUT2D eigenvalue weighted by molar-refractivity contribution is 4.77. The Bertz CT molecular complexity index is 252. The molecular weight excluding hydrogens is 228 g/mol. The normalized spacial score (nSPS) is 16.0. The maximum Gasteiger partial charge on any atom is 0.190 e. The molecule has 0 aliphatic carbocycles. The number of nitrogens with one attached hydrogen (secondary N) is 1. The molecule has 18 heavy (non-hydrogen) atoms. The molecule has 1 fully saturated rings. The molecule has 0 spiro atoms. The molecule has 1 heterocycles. The minimum Gasteiger partial charge on any atom is -0.332 e. The zero-order valence-electron chi connectivity index (χ0n) is 11.6. The lowest BCUT2D eigenvalue weighted by Crippen LogP contribution is -2.47. The van der Waals surface area contributed by atoms with E-state index in [-0.39, 0.29) is 0 Å². The number of ether oxygens (including phenoxy) is 1. The fourth-order valence-corrected chi connectivity index (χ4v) is 2.23. The molecule has 0 atom stereocenters. The van der Waals surface area contributed by atoms with Gasteiger partial charge in [-0.1, -0.05) is 13.3 Å². The quantitative estimate of drug-likeness (QED) is 0.446. The Morgan fingerprint density at radius 1 is 1.17 bits per heavy atom. The number of quaternary nitrogens is 1. The van der Waals surface area contributed by atoms with Crippen LogP contribution in [0.1, 0.15) is 39.5 Å². The molecule has 102 valence electrons. The lowest BCUT2D eigenvalue weighted by atomic mass is 10.3. The van der Waals surface area contributed by atoms with Crippen LogP contribution in [0.15, 0.2) is 0 Å². The van der Waals surface area contributed by atoms with Crippen LogP contribution in [0.5, 0.6) is 0 Å². The zero-order valence-corrected chi connectivity index (χ0v) is 11.6. The summed E-state index contributed by atoms with van der Waals surface area (Å²) in [6.45, 7) is 10.2. The summed E-state index contributed by atoms with van der Waals surface area (Å²) in [5.41, 5.74) is 0. The Morgan fingerprint density at radius 3 is 2.17 bits per heavy atom. The van der Waals surface area contributed by atoms with Crippen molar-refractivity contribution < 1.29 is 9.22 Å². The van der Waals surface area contributed by atoms with E-state index in [1.807, 2.05) is 0 Å². The van der Waals surface area contributed by atoms with Crippen LogP contribution in [0.3, 0.4) is 0 Å². The fourth-order valence-electron chi connectivity index (χ4n) is 2.23. The Kier molecular flexibility index (Phi) is 10.0. The van der Waals surface area contributed by atoms with Crippen LogP contribution < -0.4 is 5.32 Å². The third-order valence-electron chi connectivity index (χ3n) is 3.18. The predicted octanol–water partition coefficient (Wildman–Crippen LogP) is 1.93. The molecule has 0 bridgehead atoms. The van der Waals surface area contributed by atoms with Crippen molar-refractivity contribution in [3.63, 3.8) is 0 Å². The van der Waals surface area contributed by atoms with Crippen molar-refractivity contribution in [2.24, 2.45) is 0 Å². The van der Waals surface area contributed by atoms with Gasteiger partial charge in [0.15, 0.2) is 19.1 Å². The van der Waals surface area contributed by atoms with Gasteiger partial charge in [-0.2, -0.15) is 10.5 Å². The topological polar surface area (TPSA) is 68.8 Å². The van der Waals surface area contributed by atoms with Gasteiger partial charge in [0.25, 0.3) is 0 Å². The first-order valence-corrected chi connectivity index (χ1v) is 6.70. The van der Waals surface area contributed by atoms with Gasteiger partial charge in [-0.3, -0.25) is 0 Å². The monoisotopic (exact) mass is 253 g/mol. The highest BCUT2D eigenvalue weighted by Gasteiger charge is 2.30. The summed E-state index contributed by atoms with van der Waals surface area (Å²) in [6, 6.07) is 0. The Balaban J connectivity index is 0.000000494. The van der Waals surface area contributed by atoms with E-state index in [1.165, 1.54) is 62.2 Å². The molecule has 0 unspecified atom stereocenters. The minimum atomic E-state index is 0.867. The first-order chi connectivity index (χ1) is 8.74. The highest BCUT2D eigenvalue weighted by Crippen LogP contribution is 2.20. The summed E-state index contributed by atoms with van der Waals surface area (Å²) in [4.78, 5) is 0. The van der Waals surface area contributed by atoms with Gasteiger partial charge in [-0.05, 0) is 13.3 Å².